The van der Waals surface area contributed by atoms with E-state index in [1.807, 2.05) is 69.3 Å². The van der Waals surface area contributed by atoms with Crippen LogP contribution >= 0.6 is 11.6 Å². The van der Waals surface area contributed by atoms with Gasteiger partial charge in [0.15, 0.2) is 0 Å². The summed E-state index contributed by atoms with van der Waals surface area (Å²) in [5, 5.41) is 3.53. The molecule has 27 heavy (non-hydrogen) atoms. The molecule has 0 aliphatic heterocycles. The highest BCUT2D eigenvalue weighted by Crippen LogP contribution is 2.19. The monoisotopic (exact) mass is 386 g/mol. The third-order valence-electron chi connectivity index (χ3n) is 4.16. The van der Waals surface area contributed by atoms with Crippen molar-refractivity contribution < 1.29 is 9.59 Å². The summed E-state index contributed by atoms with van der Waals surface area (Å²) in [6, 6.07) is 16.3. The molecule has 0 fully saturated rings. The average Bonchev–Trinajstić information content (AvgIpc) is 2.59. The lowest BCUT2D eigenvalue weighted by atomic mass is 10.1. The minimum Gasteiger partial charge on any atom is -0.350 e. The normalized spacial score (nSPS) is 12.3. The van der Waals surface area contributed by atoms with E-state index in [0.717, 1.165) is 11.1 Å². The van der Waals surface area contributed by atoms with Crippen LogP contribution in [0.25, 0.3) is 0 Å². The van der Waals surface area contributed by atoms with E-state index in [0.29, 0.717) is 5.02 Å². The molecule has 0 saturated carbocycles. The van der Waals surface area contributed by atoms with Gasteiger partial charge >= 0.3 is 0 Å². The molecule has 0 spiro atoms. The van der Waals surface area contributed by atoms with Crippen molar-refractivity contribution in [3.63, 3.8) is 0 Å². The molecule has 4 nitrogen and oxygen atoms in total. The Bertz CT molecular complexity index is 784. The van der Waals surface area contributed by atoms with Crippen LogP contribution in [-0.4, -0.2) is 28.3 Å². The van der Waals surface area contributed by atoms with Crippen molar-refractivity contribution in [2.75, 3.05) is 0 Å². The molecule has 0 bridgehead atoms. The number of halogens is 1. The summed E-state index contributed by atoms with van der Waals surface area (Å²) in [4.78, 5) is 27.3. The summed E-state index contributed by atoms with van der Waals surface area (Å²) >= 11 is 6.29. The molecule has 2 aromatic rings. The van der Waals surface area contributed by atoms with E-state index in [1.165, 1.54) is 0 Å². The molecule has 1 N–H and O–H groups in total. The molecule has 0 radical (unpaired) electrons. The zero-order chi connectivity index (χ0) is 20.0. The van der Waals surface area contributed by atoms with Gasteiger partial charge in [-0.3, -0.25) is 9.59 Å². The van der Waals surface area contributed by atoms with Crippen molar-refractivity contribution in [3.05, 3.63) is 70.7 Å². The Kier molecular flexibility index (Phi) is 7.03. The minimum atomic E-state index is -0.614. The lowest BCUT2D eigenvalue weighted by Crippen LogP contribution is -2.52. The molecule has 0 unspecified atom stereocenters. The molecule has 0 heterocycles. The minimum absolute atomic E-state index is 0.113. The van der Waals surface area contributed by atoms with E-state index < -0.39 is 6.04 Å². The van der Waals surface area contributed by atoms with Gasteiger partial charge in [-0.15, -0.1) is 0 Å². The van der Waals surface area contributed by atoms with Crippen LogP contribution in [0.2, 0.25) is 5.02 Å². The van der Waals surface area contributed by atoms with Crippen molar-refractivity contribution in [1.82, 2.24) is 10.2 Å². The van der Waals surface area contributed by atoms with Crippen LogP contribution in [0.15, 0.2) is 54.6 Å². The van der Waals surface area contributed by atoms with Gasteiger partial charge in [-0.1, -0.05) is 60.1 Å². The van der Waals surface area contributed by atoms with Gasteiger partial charge in [0.1, 0.15) is 6.04 Å². The molecule has 1 atom stereocenters. The van der Waals surface area contributed by atoms with Crippen molar-refractivity contribution >= 4 is 23.4 Å². The van der Waals surface area contributed by atoms with Crippen LogP contribution in [0.1, 0.15) is 38.8 Å². The molecule has 2 rings (SSSR count). The van der Waals surface area contributed by atoms with Gasteiger partial charge in [0.25, 0.3) is 0 Å². The molecule has 144 valence electrons. The molecular weight excluding hydrogens is 360 g/mol. The van der Waals surface area contributed by atoms with Gasteiger partial charge in [-0.2, -0.15) is 0 Å². The van der Waals surface area contributed by atoms with Gasteiger partial charge in [-0.25, -0.2) is 0 Å². The standard InChI is InChI=1S/C22H27ClN2O2/c1-16(21(27)24-22(2,3)4)25(15-18-12-8-9-13-19(18)23)20(26)14-17-10-6-5-7-11-17/h5-13,16H,14-15H2,1-4H3,(H,24,27)/t16-/m1/s1. The Balaban J connectivity index is 2.25. The molecule has 0 aromatic heterocycles. The topological polar surface area (TPSA) is 49.4 Å². The first-order chi connectivity index (χ1) is 12.7. The zero-order valence-corrected chi connectivity index (χ0v) is 17.1. The molecule has 0 aliphatic carbocycles. The third kappa shape index (κ3) is 6.40. The highest BCUT2D eigenvalue weighted by atomic mass is 35.5. The second-order valence-electron chi connectivity index (χ2n) is 7.69. The van der Waals surface area contributed by atoms with E-state index in [-0.39, 0.29) is 30.3 Å². The van der Waals surface area contributed by atoms with Gasteiger partial charge < -0.3 is 10.2 Å². The number of carbonyl (C=O) groups excluding carboxylic acids is 2. The van der Waals surface area contributed by atoms with Crippen LogP contribution in [0.3, 0.4) is 0 Å². The number of hydrogen-bond acceptors (Lipinski definition) is 2. The Hall–Kier alpha value is -2.33. The maximum atomic E-state index is 13.0. The number of carbonyl (C=O) groups is 2. The van der Waals surface area contributed by atoms with Crippen LogP contribution in [-0.2, 0) is 22.6 Å². The van der Waals surface area contributed by atoms with Crippen molar-refractivity contribution in [3.8, 4) is 0 Å². The lowest BCUT2D eigenvalue weighted by Gasteiger charge is -2.31. The fourth-order valence-electron chi connectivity index (χ4n) is 2.74. The lowest BCUT2D eigenvalue weighted by molar-refractivity contribution is -0.140. The predicted molar refractivity (Wildman–Crippen MR) is 110 cm³/mol. The van der Waals surface area contributed by atoms with E-state index in [2.05, 4.69) is 5.32 Å². The average molecular weight is 387 g/mol. The fraction of sp³-hybridized carbons (Fsp3) is 0.364. The maximum absolute atomic E-state index is 13.0. The summed E-state index contributed by atoms with van der Waals surface area (Å²) < 4.78 is 0. The summed E-state index contributed by atoms with van der Waals surface area (Å²) in [6.07, 6.45) is 0.235. The van der Waals surface area contributed by atoms with E-state index >= 15 is 0 Å². The molecule has 0 aliphatic rings. The van der Waals surface area contributed by atoms with E-state index in [1.54, 1.807) is 17.9 Å². The predicted octanol–water partition coefficient (Wildman–Crippen LogP) is 4.21. The first kappa shape index (κ1) is 21.0. The second kappa shape index (κ2) is 9.05. The van der Waals surface area contributed by atoms with Crippen molar-refractivity contribution in [1.29, 1.82) is 0 Å². The Morgan fingerprint density at radius 2 is 1.63 bits per heavy atom. The largest absolute Gasteiger partial charge is 0.350 e. The van der Waals surface area contributed by atoms with E-state index in [4.69, 9.17) is 11.6 Å². The number of nitrogens with zero attached hydrogens (tertiary/aromatic N) is 1. The summed E-state index contributed by atoms with van der Waals surface area (Å²) in [7, 11) is 0. The summed E-state index contributed by atoms with van der Waals surface area (Å²) in [5.41, 5.74) is 1.36. The second-order valence-corrected chi connectivity index (χ2v) is 8.10. The van der Waals surface area contributed by atoms with Crippen molar-refractivity contribution in [2.24, 2.45) is 0 Å². The Labute approximate surface area is 166 Å². The van der Waals surface area contributed by atoms with Crippen LogP contribution < -0.4 is 5.32 Å². The van der Waals surface area contributed by atoms with Crippen LogP contribution in [0.4, 0.5) is 0 Å². The van der Waals surface area contributed by atoms with E-state index in [9.17, 15) is 9.59 Å². The molecule has 2 amide bonds. The number of benzene rings is 2. The summed E-state index contributed by atoms with van der Waals surface area (Å²) in [6.45, 7) is 7.79. The highest BCUT2D eigenvalue weighted by molar-refractivity contribution is 6.31. The molecule has 2 aromatic carbocycles. The number of nitrogens with one attached hydrogen (secondary N) is 1. The van der Waals surface area contributed by atoms with Gasteiger partial charge in [0.2, 0.25) is 11.8 Å². The Morgan fingerprint density at radius 1 is 1.04 bits per heavy atom. The third-order valence-corrected chi connectivity index (χ3v) is 4.53. The quantitative estimate of drug-likeness (QED) is 0.808. The zero-order valence-electron chi connectivity index (χ0n) is 16.3. The first-order valence-corrected chi connectivity index (χ1v) is 9.44. The fourth-order valence-corrected chi connectivity index (χ4v) is 2.93. The molecular formula is C22H27ClN2O2. The maximum Gasteiger partial charge on any atom is 0.242 e. The number of hydrogen-bond donors (Lipinski definition) is 1. The number of amides is 2. The highest BCUT2D eigenvalue weighted by Gasteiger charge is 2.28. The van der Waals surface area contributed by atoms with Gasteiger partial charge in [-0.05, 0) is 44.9 Å². The first-order valence-electron chi connectivity index (χ1n) is 9.06. The van der Waals surface area contributed by atoms with Crippen molar-refractivity contribution in [2.45, 2.75) is 52.2 Å². The van der Waals surface area contributed by atoms with Gasteiger partial charge in [0, 0.05) is 17.1 Å². The van der Waals surface area contributed by atoms with Crippen LogP contribution in [0.5, 0.6) is 0 Å². The van der Waals surface area contributed by atoms with Crippen LogP contribution in [0, 0.1) is 0 Å². The summed E-state index contributed by atoms with van der Waals surface area (Å²) in [5.74, 6) is -0.298. The molecule has 0 saturated heterocycles. The van der Waals surface area contributed by atoms with Gasteiger partial charge in [0.05, 0.1) is 6.42 Å². The molecule has 5 heteroatoms. The SMILES string of the molecule is C[C@H](C(=O)NC(C)(C)C)N(Cc1ccccc1Cl)C(=O)Cc1ccccc1. The Morgan fingerprint density at radius 3 is 2.22 bits per heavy atom. The number of rotatable bonds is 6. The smallest absolute Gasteiger partial charge is 0.242 e.